The standard InChI is InChI=1S/C14H9F3O5S/c1-20-11-7-2-4-8-12-9(21-13(8)11)5-3-6-10(12)22-23(18,19)14(15,16)17/h2-7H,1H3. The van der Waals surface area contributed by atoms with Crippen molar-refractivity contribution in [2.45, 2.75) is 5.51 Å². The number of alkyl halides is 3. The summed E-state index contributed by atoms with van der Waals surface area (Å²) in [5, 5.41) is 0.501. The molecule has 9 heteroatoms. The predicted octanol–water partition coefficient (Wildman–Crippen LogP) is 3.82. The molecular formula is C14H9F3O5S. The Kier molecular flexibility index (Phi) is 3.40. The molecule has 0 aliphatic carbocycles. The number of methoxy groups -OCH3 is 1. The van der Waals surface area contributed by atoms with Crippen LogP contribution in [0.3, 0.4) is 0 Å². The number of halogens is 3. The highest BCUT2D eigenvalue weighted by Crippen LogP contribution is 2.40. The van der Waals surface area contributed by atoms with Gasteiger partial charge in [-0.15, -0.1) is 0 Å². The van der Waals surface area contributed by atoms with Crippen molar-refractivity contribution in [3.8, 4) is 11.5 Å². The van der Waals surface area contributed by atoms with Crippen molar-refractivity contribution in [2.75, 3.05) is 7.11 Å². The van der Waals surface area contributed by atoms with Crippen molar-refractivity contribution in [3.63, 3.8) is 0 Å². The zero-order chi connectivity index (χ0) is 16.8. The normalized spacial score (nSPS) is 12.7. The molecule has 0 aliphatic rings. The Morgan fingerprint density at radius 1 is 1.04 bits per heavy atom. The number of fused-ring (bicyclic) bond motifs is 3. The molecule has 122 valence electrons. The molecule has 1 aromatic heterocycles. The van der Waals surface area contributed by atoms with E-state index in [4.69, 9.17) is 9.15 Å². The lowest BCUT2D eigenvalue weighted by atomic mass is 10.1. The van der Waals surface area contributed by atoms with Crippen LogP contribution in [0.5, 0.6) is 11.5 Å². The number of hydrogen-bond donors (Lipinski definition) is 0. The van der Waals surface area contributed by atoms with E-state index < -0.39 is 21.4 Å². The minimum absolute atomic E-state index is 0.120. The average molecular weight is 346 g/mol. The topological polar surface area (TPSA) is 65.7 Å². The van der Waals surface area contributed by atoms with E-state index in [1.165, 1.54) is 19.2 Å². The van der Waals surface area contributed by atoms with Crippen molar-refractivity contribution in [2.24, 2.45) is 0 Å². The van der Waals surface area contributed by atoms with E-state index >= 15 is 0 Å². The Morgan fingerprint density at radius 2 is 1.70 bits per heavy atom. The van der Waals surface area contributed by atoms with E-state index in [-0.39, 0.29) is 16.6 Å². The van der Waals surface area contributed by atoms with Crippen molar-refractivity contribution < 1.29 is 34.9 Å². The Balaban J connectivity index is 2.27. The summed E-state index contributed by atoms with van der Waals surface area (Å²) in [7, 11) is -4.37. The summed E-state index contributed by atoms with van der Waals surface area (Å²) in [5.74, 6) is -0.102. The van der Waals surface area contributed by atoms with Crippen LogP contribution in [0.25, 0.3) is 21.9 Å². The fraction of sp³-hybridized carbons (Fsp3) is 0.143. The van der Waals surface area contributed by atoms with Gasteiger partial charge >= 0.3 is 15.6 Å². The first-order valence-electron chi connectivity index (χ1n) is 6.23. The molecule has 0 radical (unpaired) electrons. The molecule has 0 saturated carbocycles. The molecule has 0 spiro atoms. The summed E-state index contributed by atoms with van der Waals surface area (Å²) in [6, 6.07) is 8.72. The molecule has 0 atom stereocenters. The molecule has 1 heterocycles. The third kappa shape index (κ3) is 2.46. The molecule has 0 N–H and O–H groups in total. The molecule has 0 fully saturated rings. The molecule has 3 rings (SSSR count). The van der Waals surface area contributed by atoms with Crippen LogP contribution in [0.1, 0.15) is 0 Å². The molecule has 0 amide bonds. The maximum absolute atomic E-state index is 12.5. The molecule has 0 aliphatic heterocycles. The molecule has 23 heavy (non-hydrogen) atoms. The Hall–Kier alpha value is -2.42. The van der Waals surface area contributed by atoms with Gasteiger partial charge < -0.3 is 13.3 Å². The maximum Gasteiger partial charge on any atom is 0.534 e. The Morgan fingerprint density at radius 3 is 2.35 bits per heavy atom. The van der Waals surface area contributed by atoms with Gasteiger partial charge in [-0.25, -0.2) is 0 Å². The van der Waals surface area contributed by atoms with Gasteiger partial charge in [0, 0.05) is 5.39 Å². The minimum Gasteiger partial charge on any atom is -0.493 e. The van der Waals surface area contributed by atoms with Crippen LogP contribution >= 0.6 is 0 Å². The van der Waals surface area contributed by atoms with E-state index in [2.05, 4.69) is 4.18 Å². The first-order valence-corrected chi connectivity index (χ1v) is 7.64. The van der Waals surface area contributed by atoms with Crippen molar-refractivity contribution in [1.82, 2.24) is 0 Å². The summed E-state index contributed by atoms with van der Waals surface area (Å²) in [6.07, 6.45) is 0. The third-order valence-electron chi connectivity index (χ3n) is 3.15. The van der Waals surface area contributed by atoms with Gasteiger partial charge in [0.1, 0.15) is 5.58 Å². The molecule has 0 saturated heterocycles. The molecule has 0 unspecified atom stereocenters. The van der Waals surface area contributed by atoms with Crippen molar-refractivity contribution in [1.29, 1.82) is 0 Å². The summed E-state index contributed by atoms with van der Waals surface area (Å²) in [4.78, 5) is 0. The summed E-state index contributed by atoms with van der Waals surface area (Å²) < 4.78 is 75.0. The van der Waals surface area contributed by atoms with E-state index in [1.807, 2.05) is 0 Å². The van der Waals surface area contributed by atoms with E-state index in [9.17, 15) is 21.6 Å². The lowest BCUT2D eigenvalue weighted by Gasteiger charge is -2.10. The average Bonchev–Trinajstić information content (AvgIpc) is 2.85. The van der Waals surface area contributed by atoms with Crippen LogP contribution in [-0.4, -0.2) is 21.0 Å². The monoisotopic (exact) mass is 346 g/mol. The SMILES string of the molecule is COc1cccc2c1oc1cccc(OS(=O)(=O)C(F)(F)F)c12. The summed E-state index contributed by atoms with van der Waals surface area (Å²) in [5.41, 5.74) is -5.06. The largest absolute Gasteiger partial charge is 0.534 e. The third-order valence-corrected chi connectivity index (χ3v) is 4.12. The van der Waals surface area contributed by atoms with Crippen LogP contribution in [0.4, 0.5) is 13.2 Å². The number of benzene rings is 2. The van der Waals surface area contributed by atoms with Gasteiger partial charge in [-0.1, -0.05) is 18.2 Å². The summed E-state index contributed by atoms with van der Waals surface area (Å²) in [6.45, 7) is 0. The van der Waals surface area contributed by atoms with Crippen molar-refractivity contribution in [3.05, 3.63) is 36.4 Å². The fourth-order valence-electron chi connectivity index (χ4n) is 2.19. The second kappa shape index (κ2) is 5.05. The quantitative estimate of drug-likeness (QED) is 0.533. The highest BCUT2D eigenvalue weighted by atomic mass is 32.2. The Bertz CT molecular complexity index is 989. The molecular weight excluding hydrogens is 337 g/mol. The van der Waals surface area contributed by atoms with Gasteiger partial charge in [-0.3, -0.25) is 0 Å². The van der Waals surface area contributed by atoms with Crippen LogP contribution in [0.2, 0.25) is 0 Å². The zero-order valence-electron chi connectivity index (χ0n) is 11.5. The zero-order valence-corrected chi connectivity index (χ0v) is 12.4. The van der Waals surface area contributed by atoms with Crippen molar-refractivity contribution >= 4 is 32.1 Å². The lowest BCUT2D eigenvalue weighted by molar-refractivity contribution is -0.0499. The van der Waals surface area contributed by atoms with Crippen LogP contribution in [0, 0.1) is 0 Å². The second-order valence-corrected chi connectivity index (χ2v) is 6.09. The second-order valence-electron chi connectivity index (χ2n) is 4.55. The van der Waals surface area contributed by atoms with E-state index in [0.717, 1.165) is 6.07 Å². The van der Waals surface area contributed by atoms with Crippen LogP contribution in [0.15, 0.2) is 40.8 Å². The van der Waals surface area contributed by atoms with Gasteiger partial charge in [0.2, 0.25) is 0 Å². The molecule has 0 bridgehead atoms. The maximum atomic E-state index is 12.5. The first kappa shape index (κ1) is 15.5. The van der Waals surface area contributed by atoms with Gasteiger partial charge in [0.15, 0.2) is 17.1 Å². The van der Waals surface area contributed by atoms with Gasteiger partial charge in [-0.05, 0) is 18.2 Å². The molecule has 3 aromatic rings. The smallest absolute Gasteiger partial charge is 0.493 e. The Labute approximate surface area is 128 Å². The number of para-hydroxylation sites is 1. The molecule has 2 aromatic carbocycles. The number of hydrogen-bond acceptors (Lipinski definition) is 5. The minimum atomic E-state index is -5.78. The van der Waals surface area contributed by atoms with Crippen LogP contribution in [-0.2, 0) is 10.1 Å². The van der Waals surface area contributed by atoms with Gasteiger partial charge in [0.05, 0.1) is 12.5 Å². The number of rotatable bonds is 3. The number of furan rings is 1. The van der Waals surface area contributed by atoms with Crippen LogP contribution < -0.4 is 8.92 Å². The fourth-order valence-corrected chi connectivity index (χ4v) is 2.65. The number of ether oxygens (including phenoxy) is 1. The van der Waals surface area contributed by atoms with Gasteiger partial charge in [0.25, 0.3) is 0 Å². The lowest BCUT2D eigenvalue weighted by Crippen LogP contribution is -2.28. The van der Waals surface area contributed by atoms with E-state index in [1.54, 1.807) is 18.2 Å². The molecule has 5 nitrogen and oxygen atoms in total. The highest BCUT2D eigenvalue weighted by molar-refractivity contribution is 7.88. The van der Waals surface area contributed by atoms with E-state index in [0.29, 0.717) is 11.1 Å². The predicted molar refractivity (Wildman–Crippen MR) is 75.9 cm³/mol. The first-order chi connectivity index (χ1) is 10.7. The van der Waals surface area contributed by atoms with Gasteiger partial charge in [-0.2, -0.15) is 21.6 Å². The summed E-state index contributed by atoms with van der Waals surface area (Å²) >= 11 is 0. The highest BCUT2D eigenvalue weighted by Gasteiger charge is 2.48.